The zero-order chi connectivity index (χ0) is 18.7. The predicted molar refractivity (Wildman–Crippen MR) is 73.9 cm³/mol. The Balaban J connectivity index is 0. The Labute approximate surface area is 129 Å². The fourth-order valence-electron chi connectivity index (χ4n) is 1.04. The minimum atomic E-state index is -1.48. The first-order chi connectivity index (χ1) is 10.4. The van der Waals surface area contributed by atoms with Gasteiger partial charge < -0.3 is 25.5 Å². The van der Waals surface area contributed by atoms with E-state index >= 15 is 0 Å². The lowest BCUT2D eigenvalue weighted by atomic mass is 10.0. The number of aromatic carboxylic acids is 3. The molecule has 0 atom stereocenters. The molecule has 0 fully saturated rings. The van der Waals surface area contributed by atoms with Crippen LogP contribution in [-0.4, -0.2) is 55.4 Å². The van der Waals surface area contributed by atoms with Crippen LogP contribution in [0, 0.1) is 0 Å². The maximum Gasteiger partial charge on any atom is 0.336 e. The van der Waals surface area contributed by atoms with Gasteiger partial charge >= 0.3 is 17.9 Å². The maximum absolute atomic E-state index is 10.6. The summed E-state index contributed by atoms with van der Waals surface area (Å²) in [5, 5.41) is 40.7. The van der Waals surface area contributed by atoms with Crippen LogP contribution in [0.5, 0.6) is 0 Å². The van der Waals surface area contributed by atoms with Gasteiger partial charge in [0.15, 0.2) is 0 Å². The normalized spacial score (nSPS) is 8.43. The summed E-state index contributed by atoms with van der Waals surface area (Å²) in [6.45, 7) is 2.17. The molecule has 10 heteroatoms. The van der Waals surface area contributed by atoms with Crippen molar-refractivity contribution < 1.29 is 49.5 Å². The maximum atomic E-state index is 10.6. The van der Waals surface area contributed by atoms with Crippen molar-refractivity contribution in [2.45, 2.75) is 13.8 Å². The zero-order valence-electron chi connectivity index (χ0n) is 12.0. The lowest BCUT2D eigenvalue weighted by molar-refractivity contribution is -0.135. The molecule has 0 unspecified atom stereocenters. The van der Waals surface area contributed by atoms with Crippen molar-refractivity contribution in [1.82, 2.24) is 0 Å². The van der Waals surface area contributed by atoms with E-state index in [-0.39, 0.29) is 5.56 Å². The summed E-state index contributed by atoms with van der Waals surface area (Å²) < 4.78 is 0. The highest BCUT2D eigenvalue weighted by Gasteiger charge is 2.17. The van der Waals surface area contributed by atoms with Crippen molar-refractivity contribution in [1.29, 1.82) is 0 Å². The van der Waals surface area contributed by atoms with Crippen molar-refractivity contribution in [2.24, 2.45) is 0 Å². The van der Waals surface area contributed by atoms with Crippen molar-refractivity contribution >= 4 is 29.8 Å². The van der Waals surface area contributed by atoms with E-state index in [0.29, 0.717) is 0 Å². The van der Waals surface area contributed by atoms with Crippen LogP contribution in [0.4, 0.5) is 0 Å². The highest BCUT2D eigenvalue weighted by atomic mass is 16.4. The van der Waals surface area contributed by atoms with Gasteiger partial charge in [-0.3, -0.25) is 9.59 Å². The topological polar surface area (TPSA) is 186 Å². The van der Waals surface area contributed by atoms with Gasteiger partial charge in [0, 0.05) is 13.8 Å². The fourth-order valence-corrected chi connectivity index (χ4v) is 1.04. The van der Waals surface area contributed by atoms with Crippen LogP contribution in [0.25, 0.3) is 0 Å². The van der Waals surface area contributed by atoms with E-state index in [2.05, 4.69) is 0 Å². The van der Waals surface area contributed by atoms with Gasteiger partial charge in [-0.2, -0.15) is 0 Å². The Bertz CT molecular complexity index is 597. The third kappa shape index (κ3) is 11.0. The van der Waals surface area contributed by atoms with Crippen molar-refractivity contribution in [3.63, 3.8) is 0 Å². The molecule has 0 aliphatic carbocycles. The summed E-state index contributed by atoms with van der Waals surface area (Å²) in [5.74, 6) is -5.87. The third-order valence-corrected chi connectivity index (χ3v) is 1.73. The molecule has 1 aromatic rings. The molecule has 5 N–H and O–H groups in total. The number of hydrogen-bond acceptors (Lipinski definition) is 5. The first kappa shape index (κ1) is 21.9. The van der Waals surface area contributed by atoms with Gasteiger partial charge in [-0.1, -0.05) is 0 Å². The minimum absolute atomic E-state index is 0.266. The molecule has 1 aromatic carbocycles. The summed E-state index contributed by atoms with van der Waals surface area (Å²) >= 11 is 0. The molecule has 0 spiro atoms. The Morgan fingerprint density at radius 2 is 1.00 bits per heavy atom. The van der Waals surface area contributed by atoms with Gasteiger partial charge in [0.1, 0.15) is 0 Å². The second-order valence-corrected chi connectivity index (χ2v) is 3.71. The van der Waals surface area contributed by atoms with Gasteiger partial charge in [-0.05, 0) is 18.2 Å². The summed E-state index contributed by atoms with van der Waals surface area (Å²) in [6.07, 6.45) is 0. The van der Waals surface area contributed by atoms with E-state index in [1.165, 1.54) is 0 Å². The lowest BCUT2D eigenvalue weighted by Crippen LogP contribution is -2.10. The number of carbonyl (C=O) groups is 5. The second-order valence-electron chi connectivity index (χ2n) is 3.71. The van der Waals surface area contributed by atoms with Crippen molar-refractivity contribution in [3.05, 3.63) is 34.9 Å². The molecule has 0 radical (unpaired) electrons. The molecule has 23 heavy (non-hydrogen) atoms. The number of benzene rings is 1. The van der Waals surface area contributed by atoms with E-state index in [4.69, 9.17) is 35.1 Å². The summed E-state index contributed by atoms with van der Waals surface area (Å²) in [6, 6.07) is 2.81. The molecule has 0 saturated heterocycles. The van der Waals surface area contributed by atoms with Gasteiger partial charge in [0.25, 0.3) is 11.9 Å². The number of rotatable bonds is 3. The number of carboxylic acid groups (broad SMARTS) is 5. The van der Waals surface area contributed by atoms with Gasteiger partial charge in [-0.25, -0.2) is 14.4 Å². The molecular weight excluding hydrogens is 316 g/mol. The lowest BCUT2D eigenvalue weighted by Gasteiger charge is -2.02. The van der Waals surface area contributed by atoms with Crippen LogP contribution in [0.3, 0.4) is 0 Å². The first-order valence-corrected chi connectivity index (χ1v) is 5.63. The third-order valence-electron chi connectivity index (χ3n) is 1.73. The molecule has 0 saturated carbocycles. The van der Waals surface area contributed by atoms with Crippen molar-refractivity contribution in [3.8, 4) is 0 Å². The minimum Gasteiger partial charge on any atom is -0.481 e. The Morgan fingerprint density at radius 1 is 0.652 bits per heavy atom. The zero-order valence-corrected chi connectivity index (χ0v) is 12.0. The van der Waals surface area contributed by atoms with Gasteiger partial charge in [0.05, 0.1) is 16.7 Å². The second kappa shape index (κ2) is 10.3. The highest BCUT2D eigenvalue weighted by Crippen LogP contribution is 2.12. The molecular formula is C13H14O10. The van der Waals surface area contributed by atoms with Crippen LogP contribution < -0.4 is 0 Å². The Morgan fingerprint density at radius 3 is 1.26 bits per heavy atom. The molecule has 0 heterocycles. The predicted octanol–water partition coefficient (Wildman–Crippen LogP) is 0.963. The van der Waals surface area contributed by atoms with Gasteiger partial charge in [-0.15, -0.1) is 0 Å². The summed E-state index contributed by atoms with van der Waals surface area (Å²) in [5.41, 5.74) is -1.24. The first-order valence-electron chi connectivity index (χ1n) is 5.63. The Kier molecular flexibility index (Phi) is 9.81. The monoisotopic (exact) mass is 330 g/mol. The van der Waals surface area contributed by atoms with Crippen LogP contribution >= 0.6 is 0 Å². The summed E-state index contributed by atoms with van der Waals surface area (Å²) in [7, 11) is 0. The van der Waals surface area contributed by atoms with Crippen LogP contribution in [0.1, 0.15) is 44.9 Å². The molecule has 0 aliphatic rings. The van der Waals surface area contributed by atoms with Crippen LogP contribution in [-0.2, 0) is 9.59 Å². The fraction of sp³-hybridized carbons (Fsp3) is 0.154. The van der Waals surface area contributed by atoms with Crippen molar-refractivity contribution in [2.75, 3.05) is 0 Å². The smallest absolute Gasteiger partial charge is 0.336 e. The van der Waals surface area contributed by atoms with Crippen LogP contribution in [0.15, 0.2) is 18.2 Å². The van der Waals surface area contributed by atoms with Crippen LogP contribution in [0.2, 0.25) is 0 Å². The van der Waals surface area contributed by atoms with Gasteiger partial charge in [0.2, 0.25) is 0 Å². The molecule has 0 aromatic heterocycles. The molecule has 10 nitrogen and oxygen atoms in total. The number of carboxylic acids is 5. The largest absolute Gasteiger partial charge is 0.481 e. The molecule has 1 rings (SSSR count). The Hall–Kier alpha value is -3.43. The van der Waals surface area contributed by atoms with E-state index in [1.807, 2.05) is 0 Å². The SMILES string of the molecule is CC(=O)O.CC(=O)O.O=C(O)c1ccc(C(=O)O)c(C(=O)O)c1. The highest BCUT2D eigenvalue weighted by molar-refractivity contribution is 6.03. The average Bonchev–Trinajstić information content (AvgIpc) is 2.36. The standard InChI is InChI=1S/C9H6O6.2C2H4O2/c10-7(11)4-1-2-5(8(12)13)6(3-4)9(14)15;2*1-2(3)4/h1-3H,(H,10,11)(H,12,13)(H,14,15);2*1H3,(H,3,4). The van der Waals surface area contributed by atoms with E-state index in [0.717, 1.165) is 32.0 Å². The van der Waals surface area contributed by atoms with E-state index in [9.17, 15) is 14.4 Å². The summed E-state index contributed by atoms with van der Waals surface area (Å²) in [4.78, 5) is 49.8. The number of hydrogen-bond donors (Lipinski definition) is 5. The van der Waals surface area contributed by atoms with E-state index in [1.54, 1.807) is 0 Å². The number of aliphatic carboxylic acids is 2. The molecule has 0 amide bonds. The molecule has 126 valence electrons. The quantitative estimate of drug-likeness (QED) is 0.534. The molecule has 0 aliphatic heterocycles. The van der Waals surface area contributed by atoms with E-state index < -0.39 is 41.0 Å². The molecule has 0 bridgehead atoms. The average molecular weight is 330 g/mol.